The largest absolute Gasteiger partial charge is 0.327 e. The van der Waals surface area contributed by atoms with Crippen molar-refractivity contribution in [2.75, 3.05) is 0 Å². The van der Waals surface area contributed by atoms with E-state index in [0.717, 1.165) is 12.8 Å². The van der Waals surface area contributed by atoms with E-state index in [1.54, 1.807) is 11.3 Å². The van der Waals surface area contributed by atoms with Gasteiger partial charge in [0.25, 0.3) is 0 Å². The molecule has 1 atom stereocenters. The molecule has 2 N–H and O–H groups in total. The Kier molecular flexibility index (Phi) is 4.60. The summed E-state index contributed by atoms with van der Waals surface area (Å²) in [5, 5.41) is 0. The SMILES string of the molecule is Cc1ccc(C)c(CC(N)Cc2ccc(Br)s2)c1. The van der Waals surface area contributed by atoms with E-state index in [9.17, 15) is 0 Å². The Morgan fingerprint density at radius 3 is 2.61 bits per heavy atom. The van der Waals surface area contributed by atoms with Crippen molar-refractivity contribution in [3.63, 3.8) is 0 Å². The van der Waals surface area contributed by atoms with Crippen LogP contribution in [0.5, 0.6) is 0 Å². The molecule has 1 unspecified atom stereocenters. The topological polar surface area (TPSA) is 26.0 Å². The quantitative estimate of drug-likeness (QED) is 0.894. The predicted octanol–water partition coefficient (Wildman–Crippen LogP) is 4.24. The Bertz CT molecular complexity index is 533. The van der Waals surface area contributed by atoms with Gasteiger partial charge in [-0.2, -0.15) is 0 Å². The van der Waals surface area contributed by atoms with Gasteiger partial charge in [0.05, 0.1) is 3.79 Å². The summed E-state index contributed by atoms with van der Waals surface area (Å²) in [7, 11) is 0. The molecule has 1 nitrogen and oxygen atoms in total. The highest BCUT2D eigenvalue weighted by molar-refractivity contribution is 9.11. The van der Waals surface area contributed by atoms with Crippen molar-refractivity contribution in [1.82, 2.24) is 0 Å². The van der Waals surface area contributed by atoms with Crippen LogP contribution in [0.25, 0.3) is 0 Å². The van der Waals surface area contributed by atoms with Gasteiger partial charge in [-0.25, -0.2) is 0 Å². The summed E-state index contributed by atoms with van der Waals surface area (Å²) < 4.78 is 1.18. The summed E-state index contributed by atoms with van der Waals surface area (Å²) >= 11 is 5.26. The zero-order chi connectivity index (χ0) is 13.1. The summed E-state index contributed by atoms with van der Waals surface area (Å²) in [6.07, 6.45) is 1.90. The Labute approximate surface area is 121 Å². The Balaban J connectivity index is 2.02. The lowest BCUT2D eigenvalue weighted by atomic mass is 9.97. The molecule has 0 aliphatic rings. The van der Waals surface area contributed by atoms with Crippen LogP contribution in [0.4, 0.5) is 0 Å². The maximum absolute atomic E-state index is 6.26. The monoisotopic (exact) mass is 323 g/mol. The smallest absolute Gasteiger partial charge is 0.0701 e. The highest BCUT2D eigenvalue weighted by Gasteiger charge is 2.09. The Morgan fingerprint density at radius 1 is 1.17 bits per heavy atom. The van der Waals surface area contributed by atoms with Crippen molar-refractivity contribution in [3.8, 4) is 0 Å². The maximum atomic E-state index is 6.26. The summed E-state index contributed by atoms with van der Waals surface area (Å²) in [5.74, 6) is 0. The molecule has 0 saturated heterocycles. The van der Waals surface area contributed by atoms with Gasteiger partial charge >= 0.3 is 0 Å². The maximum Gasteiger partial charge on any atom is 0.0701 e. The molecule has 0 bridgehead atoms. The minimum Gasteiger partial charge on any atom is -0.327 e. The molecule has 0 aliphatic heterocycles. The molecule has 1 aromatic carbocycles. The molecule has 96 valence electrons. The van der Waals surface area contributed by atoms with E-state index in [2.05, 4.69) is 60.1 Å². The van der Waals surface area contributed by atoms with Gasteiger partial charge in [-0.15, -0.1) is 11.3 Å². The molecule has 0 amide bonds. The molecule has 2 aromatic rings. The van der Waals surface area contributed by atoms with Crippen LogP contribution in [-0.2, 0) is 12.8 Å². The van der Waals surface area contributed by atoms with Gasteiger partial charge in [-0.1, -0.05) is 23.8 Å². The average molecular weight is 324 g/mol. The highest BCUT2D eigenvalue weighted by Crippen LogP contribution is 2.23. The van der Waals surface area contributed by atoms with Gasteiger partial charge in [-0.05, 0) is 65.9 Å². The van der Waals surface area contributed by atoms with Crippen LogP contribution < -0.4 is 5.73 Å². The number of hydrogen-bond donors (Lipinski definition) is 1. The second-order valence-electron chi connectivity index (χ2n) is 4.80. The first-order valence-electron chi connectivity index (χ1n) is 6.10. The van der Waals surface area contributed by atoms with Crippen molar-refractivity contribution < 1.29 is 0 Å². The molecule has 0 radical (unpaired) electrons. The number of thiophene rings is 1. The molecule has 1 heterocycles. The standard InChI is InChI=1S/C15H18BrNS/c1-10-3-4-11(2)12(7-10)8-13(17)9-14-5-6-15(16)18-14/h3-7,13H,8-9,17H2,1-2H3. The highest BCUT2D eigenvalue weighted by atomic mass is 79.9. The van der Waals surface area contributed by atoms with Crippen molar-refractivity contribution in [2.45, 2.75) is 32.7 Å². The van der Waals surface area contributed by atoms with E-state index in [-0.39, 0.29) is 6.04 Å². The molecule has 3 heteroatoms. The van der Waals surface area contributed by atoms with Crippen molar-refractivity contribution in [2.24, 2.45) is 5.73 Å². The number of rotatable bonds is 4. The number of halogens is 1. The summed E-state index contributed by atoms with van der Waals surface area (Å²) in [4.78, 5) is 1.35. The lowest BCUT2D eigenvalue weighted by Crippen LogP contribution is -2.25. The molecule has 0 aliphatic carbocycles. The van der Waals surface area contributed by atoms with Gasteiger partial charge in [-0.3, -0.25) is 0 Å². The third-order valence-electron chi connectivity index (χ3n) is 3.08. The van der Waals surface area contributed by atoms with Crippen molar-refractivity contribution >= 4 is 27.3 Å². The molecular weight excluding hydrogens is 306 g/mol. The zero-order valence-electron chi connectivity index (χ0n) is 10.7. The number of nitrogens with two attached hydrogens (primary N) is 1. The van der Waals surface area contributed by atoms with E-state index >= 15 is 0 Å². The van der Waals surface area contributed by atoms with E-state index in [4.69, 9.17) is 5.73 Å². The van der Waals surface area contributed by atoms with E-state index < -0.39 is 0 Å². The predicted molar refractivity (Wildman–Crippen MR) is 83.3 cm³/mol. The summed E-state index contributed by atoms with van der Waals surface area (Å²) in [6, 6.07) is 11.0. The molecule has 0 fully saturated rings. The summed E-state index contributed by atoms with van der Waals surface area (Å²) in [5.41, 5.74) is 10.3. The molecular formula is C15H18BrNS. The van der Waals surface area contributed by atoms with Crippen LogP contribution in [0, 0.1) is 13.8 Å². The molecule has 18 heavy (non-hydrogen) atoms. The van der Waals surface area contributed by atoms with Crippen LogP contribution >= 0.6 is 27.3 Å². The Morgan fingerprint density at radius 2 is 1.94 bits per heavy atom. The van der Waals surface area contributed by atoms with Crippen molar-refractivity contribution in [3.05, 3.63) is 55.7 Å². The van der Waals surface area contributed by atoms with E-state index in [0.29, 0.717) is 0 Å². The lowest BCUT2D eigenvalue weighted by molar-refractivity contribution is 0.668. The fraction of sp³-hybridized carbons (Fsp3) is 0.333. The average Bonchev–Trinajstić information content (AvgIpc) is 2.69. The zero-order valence-corrected chi connectivity index (χ0v) is 13.1. The summed E-state index contributed by atoms with van der Waals surface area (Å²) in [6.45, 7) is 4.29. The van der Waals surface area contributed by atoms with Crippen LogP contribution in [0.15, 0.2) is 34.1 Å². The number of aryl methyl sites for hydroxylation is 2. The van der Waals surface area contributed by atoms with E-state index in [1.165, 1.54) is 25.4 Å². The van der Waals surface area contributed by atoms with Gasteiger partial charge in [0.15, 0.2) is 0 Å². The van der Waals surface area contributed by atoms with Gasteiger partial charge in [0.1, 0.15) is 0 Å². The molecule has 1 aromatic heterocycles. The Hall–Kier alpha value is -0.640. The first-order chi connectivity index (χ1) is 8.54. The van der Waals surface area contributed by atoms with Crippen LogP contribution in [0.1, 0.15) is 21.6 Å². The minimum absolute atomic E-state index is 0.191. The number of hydrogen-bond acceptors (Lipinski definition) is 2. The lowest BCUT2D eigenvalue weighted by Gasteiger charge is -2.13. The first kappa shape index (κ1) is 13.8. The van der Waals surface area contributed by atoms with Crippen LogP contribution in [0.3, 0.4) is 0 Å². The minimum atomic E-state index is 0.191. The van der Waals surface area contributed by atoms with Crippen LogP contribution in [0.2, 0.25) is 0 Å². The van der Waals surface area contributed by atoms with Crippen molar-refractivity contribution in [1.29, 1.82) is 0 Å². The first-order valence-corrected chi connectivity index (χ1v) is 7.71. The normalized spacial score (nSPS) is 12.7. The fourth-order valence-corrected chi connectivity index (χ4v) is 3.67. The molecule has 0 spiro atoms. The second kappa shape index (κ2) is 6.00. The second-order valence-corrected chi connectivity index (χ2v) is 7.35. The molecule has 2 rings (SSSR count). The third-order valence-corrected chi connectivity index (χ3v) is 4.72. The number of benzene rings is 1. The third kappa shape index (κ3) is 3.67. The molecule has 0 saturated carbocycles. The fourth-order valence-electron chi connectivity index (χ4n) is 2.09. The van der Waals surface area contributed by atoms with Gasteiger partial charge in [0, 0.05) is 10.9 Å². The van der Waals surface area contributed by atoms with Gasteiger partial charge < -0.3 is 5.73 Å². The van der Waals surface area contributed by atoms with E-state index in [1.807, 2.05) is 0 Å². The van der Waals surface area contributed by atoms with Gasteiger partial charge in [0.2, 0.25) is 0 Å². The van der Waals surface area contributed by atoms with Crippen LogP contribution in [-0.4, -0.2) is 6.04 Å².